The highest BCUT2D eigenvalue weighted by Crippen LogP contribution is 2.19. The van der Waals surface area contributed by atoms with E-state index in [1.807, 2.05) is 0 Å². The average Bonchev–Trinajstić information content (AvgIpc) is 2.17. The third-order valence-corrected chi connectivity index (χ3v) is 2.59. The van der Waals surface area contributed by atoms with Gasteiger partial charge in [-0.2, -0.15) is 0 Å². The maximum atomic E-state index is 4.23. The Morgan fingerprint density at radius 1 is 1.62 bits per heavy atom. The van der Waals surface area contributed by atoms with E-state index in [-0.39, 0.29) is 0 Å². The topological polar surface area (TPSA) is 27.6 Å². The fraction of sp³-hybridized carbons (Fsp3) is 0.600. The maximum Gasteiger partial charge on any atom is 0.0722 e. The highest BCUT2D eigenvalue weighted by Gasteiger charge is 2.20. The molecule has 70 valence electrons. The Morgan fingerprint density at radius 2 is 2.46 bits per heavy atom. The lowest BCUT2D eigenvalue weighted by atomic mass is 10.1. The zero-order valence-electron chi connectivity index (χ0n) is 8.17. The second-order valence-electron chi connectivity index (χ2n) is 3.77. The standard InChI is InChI=1S/C10H15N3/c1-8(2)13-6-3-9-10(7-13)12-5-4-11-9/h5,8,12H,3,6-7H2,1-2H3. The fourth-order valence-electron chi connectivity index (χ4n) is 1.70. The highest BCUT2D eigenvalue weighted by atomic mass is 15.2. The summed E-state index contributed by atoms with van der Waals surface area (Å²) < 4.78 is 0. The van der Waals surface area contributed by atoms with Gasteiger partial charge in [0.1, 0.15) is 0 Å². The molecule has 3 heteroatoms. The van der Waals surface area contributed by atoms with Crippen molar-refractivity contribution in [2.45, 2.75) is 26.3 Å². The van der Waals surface area contributed by atoms with Gasteiger partial charge in [0.15, 0.2) is 0 Å². The summed E-state index contributed by atoms with van der Waals surface area (Å²) in [6, 6.07) is 0.616. The van der Waals surface area contributed by atoms with Crippen molar-refractivity contribution in [3.05, 3.63) is 17.6 Å². The van der Waals surface area contributed by atoms with E-state index in [2.05, 4.69) is 34.9 Å². The van der Waals surface area contributed by atoms with Crippen molar-refractivity contribution < 1.29 is 0 Å². The Kier molecular flexibility index (Phi) is 2.21. The summed E-state index contributed by atoms with van der Waals surface area (Å²) in [7, 11) is 0. The molecule has 2 aliphatic heterocycles. The molecule has 0 amide bonds. The molecule has 3 nitrogen and oxygen atoms in total. The summed E-state index contributed by atoms with van der Waals surface area (Å²) in [6.45, 7) is 6.57. The Bertz CT molecular complexity index is 295. The highest BCUT2D eigenvalue weighted by molar-refractivity contribution is 5.56. The normalized spacial score (nSPS) is 22.1. The van der Waals surface area contributed by atoms with E-state index in [0.717, 1.165) is 19.5 Å². The van der Waals surface area contributed by atoms with E-state index in [0.29, 0.717) is 6.04 Å². The van der Waals surface area contributed by atoms with Crippen molar-refractivity contribution in [2.24, 2.45) is 4.99 Å². The third-order valence-electron chi connectivity index (χ3n) is 2.59. The van der Waals surface area contributed by atoms with E-state index in [1.165, 1.54) is 11.4 Å². The van der Waals surface area contributed by atoms with Gasteiger partial charge in [0.2, 0.25) is 0 Å². The second-order valence-corrected chi connectivity index (χ2v) is 3.77. The molecule has 0 unspecified atom stereocenters. The van der Waals surface area contributed by atoms with Crippen LogP contribution in [-0.2, 0) is 0 Å². The maximum absolute atomic E-state index is 4.23. The lowest BCUT2D eigenvalue weighted by Crippen LogP contribution is -2.39. The van der Waals surface area contributed by atoms with Crippen LogP contribution in [0.25, 0.3) is 0 Å². The van der Waals surface area contributed by atoms with Gasteiger partial charge in [-0.05, 0) is 13.8 Å². The van der Waals surface area contributed by atoms with Gasteiger partial charge in [-0.1, -0.05) is 0 Å². The molecule has 0 aromatic rings. The van der Waals surface area contributed by atoms with Crippen LogP contribution in [0.2, 0.25) is 0 Å². The molecule has 2 heterocycles. The van der Waals surface area contributed by atoms with Gasteiger partial charge in [0.05, 0.1) is 17.6 Å². The summed E-state index contributed by atoms with van der Waals surface area (Å²) in [5.41, 5.74) is 2.43. The summed E-state index contributed by atoms with van der Waals surface area (Å²) in [4.78, 5) is 6.68. The first-order valence-corrected chi connectivity index (χ1v) is 4.78. The number of hydrogen-bond donors (Lipinski definition) is 1. The van der Waals surface area contributed by atoms with E-state index < -0.39 is 0 Å². The first kappa shape index (κ1) is 8.54. The Labute approximate surface area is 78.8 Å². The molecule has 0 aromatic carbocycles. The molecule has 0 spiro atoms. The van der Waals surface area contributed by atoms with Crippen LogP contribution in [0.5, 0.6) is 0 Å². The lowest BCUT2D eigenvalue weighted by Gasteiger charge is -2.32. The minimum Gasteiger partial charge on any atom is -0.355 e. The van der Waals surface area contributed by atoms with Gasteiger partial charge in [0, 0.05) is 31.4 Å². The monoisotopic (exact) mass is 177 g/mol. The fourth-order valence-corrected chi connectivity index (χ4v) is 1.70. The smallest absolute Gasteiger partial charge is 0.0722 e. The van der Waals surface area contributed by atoms with Crippen LogP contribution in [0.4, 0.5) is 0 Å². The zero-order valence-corrected chi connectivity index (χ0v) is 8.17. The van der Waals surface area contributed by atoms with Gasteiger partial charge >= 0.3 is 0 Å². The van der Waals surface area contributed by atoms with E-state index in [4.69, 9.17) is 0 Å². The number of nitrogens with zero attached hydrogens (tertiary/aromatic N) is 2. The predicted molar refractivity (Wildman–Crippen MR) is 53.5 cm³/mol. The summed E-state index contributed by atoms with van der Waals surface area (Å²) in [5, 5.41) is 3.21. The molecule has 0 atom stereocenters. The van der Waals surface area contributed by atoms with Crippen LogP contribution in [0.1, 0.15) is 20.3 Å². The second kappa shape index (κ2) is 3.36. The quantitative estimate of drug-likeness (QED) is 0.649. The SMILES string of the molecule is CC(C)N1CCC2=C(C1)NC=C=N2. The van der Waals surface area contributed by atoms with Crippen molar-refractivity contribution in [1.29, 1.82) is 0 Å². The number of rotatable bonds is 1. The molecular formula is C10H15N3. The van der Waals surface area contributed by atoms with Crippen LogP contribution >= 0.6 is 0 Å². The summed E-state index contributed by atoms with van der Waals surface area (Å²) in [6.07, 6.45) is 2.82. The molecular weight excluding hydrogens is 162 g/mol. The van der Waals surface area contributed by atoms with Crippen LogP contribution in [0, 0.1) is 0 Å². The van der Waals surface area contributed by atoms with Crippen molar-refractivity contribution in [3.63, 3.8) is 0 Å². The molecule has 1 N–H and O–H groups in total. The minimum absolute atomic E-state index is 0.616. The van der Waals surface area contributed by atoms with Gasteiger partial charge in [-0.15, -0.1) is 0 Å². The number of hydrogen-bond acceptors (Lipinski definition) is 3. The Hall–Kier alpha value is -1.05. The van der Waals surface area contributed by atoms with E-state index >= 15 is 0 Å². The minimum atomic E-state index is 0.616. The van der Waals surface area contributed by atoms with Crippen molar-refractivity contribution in [3.8, 4) is 0 Å². The zero-order chi connectivity index (χ0) is 9.26. The van der Waals surface area contributed by atoms with Crippen LogP contribution in [0.3, 0.4) is 0 Å². The lowest BCUT2D eigenvalue weighted by molar-refractivity contribution is 0.227. The van der Waals surface area contributed by atoms with Crippen molar-refractivity contribution in [2.75, 3.05) is 13.1 Å². The van der Waals surface area contributed by atoms with Crippen LogP contribution in [-0.4, -0.2) is 29.9 Å². The van der Waals surface area contributed by atoms with E-state index in [1.54, 1.807) is 6.20 Å². The molecule has 0 bridgehead atoms. The molecule has 13 heavy (non-hydrogen) atoms. The Balaban J connectivity index is 2.13. The molecule has 2 rings (SSSR count). The Morgan fingerprint density at radius 3 is 3.23 bits per heavy atom. The van der Waals surface area contributed by atoms with Crippen LogP contribution in [0.15, 0.2) is 22.6 Å². The van der Waals surface area contributed by atoms with Gasteiger partial charge in [-0.3, -0.25) is 4.90 Å². The van der Waals surface area contributed by atoms with Gasteiger partial charge in [0.25, 0.3) is 0 Å². The number of aliphatic imine (C=N–C) groups is 1. The molecule has 0 fully saturated rings. The first-order chi connectivity index (χ1) is 6.27. The molecule has 0 radical (unpaired) electrons. The molecule has 0 saturated carbocycles. The first-order valence-electron chi connectivity index (χ1n) is 4.78. The van der Waals surface area contributed by atoms with Crippen LogP contribution < -0.4 is 5.32 Å². The van der Waals surface area contributed by atoms with Gasteiger partial charge in [-0.25, -0.2) is 4.99 Å². The predicted octanol–water partition coefficient (Wildman–Crippen LogP) is 1.10. The van der Waals surface area contributed by atoms with E-state index in [9.17, 15) is 0 Å². The molecule has 0 aliphatic carbocycles. The summed E-state index contributed by atoms with van der Waals surface area (Å²) >= 11 is 0. The average molecular weight is 177 g/mol. The molecule has 0 aromatic heterocycles. The largest absolute Gasteiger partial charge is 0.355 e. The molecule has 2 aliphatic rings. The number of nitrogens with one attached hydrogen (secondary N) is 1. The van der Waals surface area contributed by atoms with Gasteiger partial charge < -0.3 is 5.32 Å². The van der Waals surface area contributed by atoms with Crippen molar-refractivity contribution >= 4 is 5.87 Å². The van der Waals surface area contributed by atoms with Crippen molar-refractivity contribution in [1.82, 2.24) is 10.2 Å². The molecule has 0 saturated heterocycles. The summed E-state index contributed by atoms with van der Waals surface area (Å²) in [5.74, 6) is 2.84. The third kappa shape index (κ3) is 1.67.